The van der Waals surface area contributed by atoms with Crippen LogP contribution in [0.5, 0.6) is 0 Å². The molecule has 3 aromatic rings. The fraction of sp³-hybridized carbons (Fsp3) is 0.296. The topological polar surface area (TPSA) is 103 Å². The number of halogens is 3. The SMILES string of the molecule is O=C(Nc1ccc(C(=O)OCc2ccccc2)cn1)/C(=C\C1CCCCC1)n1cc(C(F)(F)F)ncc1=O. The molecule has 2 aromatic heterocycles. The average Bonchev–Trinajstić information content (AvgIpc) is 2.92. The third kappa shape index (κ3) is 6.93. The molecule has 0 aliphatic heterocycles. The summed E-state index contributed by atoms with van der Waals surface area (Å²) in [6.45, 7) is 0.0775. The van der Waals surface area contributed by atoms with Crippen molar-refractivity contribution in [3.8, 4) is 0 Å². The summed E-state index contributed by atoms with van der Waals surface area (Å²) in [5, 5.41) is 2.51. The van der Waals surface area contributed by atoms with Gasteiger partial charge in [0, 0.05) is 12.4 Å². The Kier molecular flexibility index (Phi) is 8.35. The number of carbonyl (C=O) groups is 2. The maximum Gasteiger partial charge on any atom is 0.434 e. The number of nitrogens with one attached hydrogen (secondary N) is 1. The summed E-state index contributed by atoms with van der Waals surface area (Å²) in [5.41, 5.74) is -1.45. The van der Waals surface area contributed by atoms with Gasteiger partial charge in [0.2, 0.25) is 0 Å². The van der Waals surface area contributed by atoms with E-state index in [-0.39, 0.29) is 29.6 Å². The lowest BCUT2D eigenvalue weighted by Crippen LogP contribution is -2.29. The van der Waals surface area contributed by atoms with Gasteiger partial charge in [0.1, 0.15) is 18.1 Å². The fourth-order valence-electron chi connectivity index (χ4n) is 4.11. The van der Waals surface area contributed by atoms with Crippen LogP contribution in [0.1, 0.15) is 53.7 Å². The Morgan fingerprint density at radius 3 is 2.42 bits per heavy atom. The van der Waals surface area contributed by atoms with Crippen LogP contribution in [-0.4, -0.2) is 26.4 Å². The maximum atomic E-state index is 13.3. The number of amides is 1. The number of esters is 1. The quantitative estimate of drug-likeness (QED) is 0.341. The van der Waals surface area contributed by atoms with Crippen molar-refractivity contribution in [3.05, 3.63) is 94.3 Å². The van der Waals surface area contributed by atoms with Gasteiger partial charge in [-0.25, -0.2) is 14.8 Å². The lowest BCUT2D eigenvalue weighted by Gasteiger charge is -2.20. The molecule has 38 heavy (non-hydrogen) atoms. The minimum atomic E-state index is -4.80. The molecule has 0 atom stereocenters. The van der Waals surface area contributed by atoms with Crippen molar-refractivity contribution in [2.45, 2.75) is 44.9 Å². The second kappa shape index (κ2) is 11.8. The number of carbonyl (C=O) groups excluding carboxylic acids is 2. The van der Waals surface area contributed by atoms with E-state index in [1.54, 1.807) is 0 Å². The van der Waals surface area contributed by atoms with Crippen molar-refractivity contribution in [2.75, 3.05) is 5.32 Å². The molecule has 11 heteroatoms. The van der Waals surface area contributed by atoms with Gasteiger partial charge in [0.05, 0.1) is 11.8 Å². The van der Waals surface area contributed by atoms with Gasteiger partial charge in [-0.3, -0.25) is 14.2 Å². The highest BCUT2D eigenvalue weighted by molar-refractivity contribution is 6.20. The molecule has 0 radical (unpaired) electrons. The number of nitrogens with zero attached hydrogens (tertiary/aromatic N) is 3. The summed E-state index contributed by atoms with van der Waals surface area (Å²) in [5.74, 6) is -1.46. The predicted octanol–water partition coefficient (Wildman–Crippen LogP) is 5.07. The fourth-order valence-corrected chi connectivity index (χ4v) is 4.11. The van der Waals surface area contributed by atoms with Crippen LogP contribution in [0.15, 0.2) is 71.9 Å². The number of allylic oxidation sites excluding steroid dienone is 1. The number of anilines is 1. The van der Waals surface area contributed by atoms with Crippen LogP contribution < -0.4 is 10.9 Å². The molecule has 0 saturated heterocycles. The number of ether oxygens (including phenoxy) is 1. The Morgan fingerprint density at radius 2 is 1.76 bits per heavy atom. The Labute approximate surface area is 216 Å². The summed E-state index contributed by atoms with van der Waals surface area (Å²) < 4.78 is 45.8. The van der Waals surface area contributed by atoms with Crippen molar-refractivity contribution in [1.82, 2.24) is 14.5 Å². The second-order valence-corrected chi connectivity index (χ2v) is 8.88. The first-order valence-corrected chi connectivity index (χ1v) is 12.1. The van der Waals surface area contributed by atoms with E-state index in [4.69, 9.17) is 4.74 Å². The zero-order valence-electron chi connectivity index (χ0n) is 20.3. The molecular formula is C27H25F3N4O4. The summed E-state index contributed by atoms with van der Waals surface area (Å²) in [4.78, 5) is 45.2. The van der Waals surface area contributed by atoms with Gasteiger partial charge < -0.3 is 10.1 Å². The standard InChI is InChI=1S/C27H25F3N4O4/c28-27(29,30)22-16-34(24(35)15-31-22)21(13-18-7-3-1-4-8-18)25(36)33-23-12-11-20(14-32-23)26(37)38-17-19-9-5-2-6-10-19/h2,5-6,9-16,18H,1,3-4,7-8,17H2,(H,32,33,36)/b21-13+. The summed E-state index contributed by atoms with van der Waals surface area (Å²) in [6, 6.07) is 11.9. The van der Waals surface area contributed by atoms with E-state index >= 15 is 0 Å². The van der Waals surface area contributed by atoms with E-state index in [1.807, 2.05) is 30.3 Å². The van der Waals surface area contributed by atoms with Crippen LogP contribution in [0.3, 0.4) is 0 Å². The first-order valence-electron chi connectivity index (χ1n) is 12.1. The summed E-state index contributed by atoms with van der Waals surface area (Å²) >= 11 is 0. The van der Waals surface area contributed by atoms with E-state index in [0.29, 0.717) is 17.0 Å². The zero-order valence-corrected chi connectivity index (χ0v) is 20.3. The summed E-state index contributed by atoms with van der Waals surface area (Å²) in [7, 11) is 0. The van der Waals surface area contributed by atoms with Crippen LogP contribution >= 0.6 is 0 Å². The number of hydrogen-bond donors (Lipinski definition) is 1. The third-order valence-corrected chi connectivity index (χ3v) is 6.08. The first kappa shape index (κ1) is 26.8. The highest BCUT2D eigenvalue weighted by Crippen LogP contribution is 2.29. The molecule has 1 N–H and O–H groups in total. The van der Waals surface area contributed by atoms with Crippen molar-refractivity contribution >= 4 is 23.4 Å². The number of benzene rings is 1. The van der Waals surface area contributed by atoms with Gasteiger partial charge in [-0.2, -0.15) is 13.2 Å². The molecule has 1 amide bonds. The van der Waals surface area contributed by atoms with Crippen molar-refractivity contribution in [1.29, 1.82) is 0 Å². The Bertz CT molecular complexity index is 1360. The monoisotopic (exact) mass is 526 g/mol. The molecule has 198 valence electrons. The largest absolute Gasteiger partial charge is 0.457 e. The predicted molar refractivity (Wildman–Crippen MR) is 133 cm³/mol. The van der Waals surface area contributed by atoms with Gasteiger partial charge in [-0.15, -0.1) is 0 Å². The van der Waals surface area contributed by atoms with Gasteiger partial charge in [0.25, 0.3) is 11.5 Å². The summed E-state index contributed by atoms with van der Waals surface area (Å²) in [6.07, 6.45) is 3.38. The number of aromatic nitrogens is 3. The molecule has 1 aliphatic rings. The normalized spacial score (nSPS) is 14.7. The molecule has 0 bridgehead atoms. The van der Waals surface area contributed by atoms with E-state index in [1.165, 1.54) is 24.4 Å². The lowest BCUT2D eigenvalue weighted by atomic mass is 9.88. The minimum Gasteiger partial charge on any atom is -0.457 e. The van der Waals surface area contributed by atoms with Gasteiger partial charge in [-0.1, -0.05) is 55.7 Å². The molecule has 8 nitrogen and oxygen atoms in total. The molecular weight excluding hydrogens is 501 g/mol. The third-order valence-electron chi connectivity index (χ3n) is 6.08. The molecule has 0 unspecified atom stereocenters. The van der Waals surface area contributed by atoms with Crippen LogP contribution in [0.4, 0.5) is 19.0 Å². The van der Waals surface area contributed by atoms with E-state index in [0.717, 1.165) is 37.7 Å². The first-order chi connectivity index (χ1) is 18.2. The van der Waals surface area contributed by atoms with Gasteiger partial charge >= 0.3 is 12.1 Å². The number of rotatable bonds is 7. The lowest BCUT2D eigenvalue weighted by molar-refractivity contribution is -0.141. The second-order valence-electron chi connectivity index (χ2n) is 8.88. The van der Waals surface area contributed by atoms with Crippen LogP contribution in [0.25, 0.3) is 5.70 Å². The van der Waals surface area contributed by atoms with Crippen LogP contribution in [0, 0.1) is 5.92 Å². The number of pyridine rings is 1. The number of alkyl halides is 3. The highest BCUT2D eigenvalue weighted by atomic mass is 19.4. The molecule has 4 rings (SSSR count). The molecule has 1 aromatic carbocycles. The highest BCUT2D eigenvalue weighted by Gasteiger charge is 2.34. The number of hydrogen-bond acceptors (Lipinski definition) is 6. The minimum absolute atomic E-state index is 0.0438. The van der Waals surface area contributed by atoms with Crippen molar-refractivity contribution < 1.29 is 27.5 Å². The van der Waals surface area contributed by atoms with E-state index in [9.17, 15) is 27.6 Å². The Morgan fingerprint density at radius 1 is 1.03 bits per heavy atom. The average molecular weight is 527 g/mol. The smallest absolute Gasteiger partial charge is 0.434 e. The molecule has 0 spiro atoms. The molecule has 1 aliphatic carbocycles. The molecule has 2 heterocycles. The van der Waals surface area contributed by atoms with E-state index < -0.39 is 29.3 Å². The maximum absolute atomic E-state index is 13.3. The molecule has 1 saturated carbocycles. The Hall–Kier alpha value is -4.28. The van der Waals surface area contributed by atoms with Crippen molar-refractivity contribution in [3.63, 3.8) is 0 Å². The van der Waals surface area contributed by atoms with Crippen molar-refractivity contribution in [2.24, 2.45) is 5.92 Å². The molecule has 1 fully saturated rings. The van der Waals surface area contributed by atoms with Gasteiger partial charge in [0.15, 0.2) is 5.69 Å². The zero-order chi connectivity index (χ0) is 27.1. The van der Waals surface area contributed by atoms with Crippen LogP contribution in [0.2, 0.25) is 0 Å². The van der Waals surface area contributed by atoms with Crippen LogP contribution in [-0.2, 0) is 22.3 Å². The van der Waals surface area contributed by atoms with E-state index in [2.05, 4.69) is 15.3 Å². The van der Waals surface area contributed by atoms with Gasteiger partial charge in [-0.05, 0) is 36.5 Å². The Balaban J connectivity index is 1.53.